The predicted octanol–water partition coefficient (Wildman–Crippen LogP) is 2.77. The minimum atomic E-state index is -0.456. The third-order valence-electron chi connectivity index (χ3n) is 2.90. The van der Waals surface area contributed by atoms with E-state index in [9.17, 15) is 4.79 Å². The van der Waals surface area contributed by atoms with E-state index in [4.69, 9.17) is 14.5 Å². The van der Waals surface area contributed by atoms with E-state index in [1.807, 2.05) is 13.0 Å². The summed E-state index contributed by atoms with van der Waals surface area (Å²) in [5, 5.41) is 12.6. The number of hydrogen-bond donors (Lipinski definition) is 0. The van der Waals surface area contributed by atoms with Gasteiger partial charge < -0.3 is 9.26 Å². The first-order valence-electron chi connectivity index (χ1n) is 6.27. The number of benzene rings is 1. The Kier molecular flexibility index (Phi) is 4.16. The lowest BCUT2D eigenvalue weighted by Gasteiger charge is -2.05. The molecule has 0 amide bonds. The van der Waals surface area contributed by atoms with Gasteiger partial charge in [-0.25, -0.2) is 4.79 Å². The van der Waals surface area contributed by atoms with Crippen molar-refractivity contribution in [1.29, 1.82) is 5.26 Å². The summed E-state index contributed by atoms with van der Waals surface area (Å²) in [7, 11) is 0. The highest BCUT2D eigenvalue weighted by atomic mass is 16.5. The summed E-state index contributed by atoms with van der Waals surface area (Å²) in [6.07, 6.45) is 0.603. The summed E-state index contributed by atoms with van der Waals surface area (Å²) in [4.78, 5) is 12.0. The van der Waals surface area contributed by atoms with Crippen LogP contribution in [-0.2, 0) is 17.8 Å². The number of rotatable bonds is 4. The number of carbonyl (C=O) groups is 1. The number of esters is 1. The first kappa shape index (κ1) is 13.8. The van der Waals surface area contributed by atoms with Gasteiger partial charge in [0.1, 0.15) is 17.9 Å². The SMILES string of the molecule is CCc1noc(C)c1C(=O)OCc1cccc(C#N)c1. The molecule has 1 aromatic heterocycles. The van der Waals surface area contributed by atoms with Gasteiger partial charge in [0, 0.05) is 0 Å². The van der Waals surface area contributed by atoms with Gasteiger partial charge in [0.25, 0.3) is 0 Å². The zero-order valence-electron chi connectivity index (χ0n) is 11.3. The number of carbonyl (C=O) groups excluding carboxylic acids is 1. The number of aromatic nitrogens is 1. The second-order valence-electron chi connectivity index (χ2n) is 4.30. The molecule has 0 radical (unpaired) electrons. The molecule has 0 saturated heterocycles. The Bertz CT molecular complexity index is 668. The molecule has 20 heavy (non-hydrogen) atoms. The average molecular weight is 270 g/mol. The Hall–Kier alpha value is -2.61. The second-order valence-corrected chi connectivity index (χ2v) is 4.30. The summed E-state index contributed by atoms with van der Waals surface area (Å²) in [5.74, 6) is 0.000543. The Morgan fingerprint density at radius 3 is 3.00 bits per heavy atom. The lowest BCUT2D eigenvalue weighted by Crippen LogP contribution is -2.08. The fourth-order valence-electron chi connectivity index (χ4n) is 1.87. The van der Waals surface area contributed by atoms with Crippen LogP contribution in [0.25, 0.3) is 0 Å². The van der Waals surface area contributed by atoms with E-state index >= 15 is 0 Å². The Morgan fingerprint density at radius 1 is 1.50 bits per heavy atom. The van der Waals surface area contributed by atoms with Crippen LogP contribution in [0.4, 0.5) is 0 Å². The molecule has 2 aromatic rings. The molecule has 0 N–H and O–H groups in total. The van der Waals surface area contributed by atoms with Crippen molar-refractivity contribution in [2.45, 2.75) is 26.9 Å². The first-order valence-corrected chi connectivity index (χ1v) is 6.27. The van der Waals surface area contributed by atoms with Gasteiger partial charge in [-0.05, 0) is 31.0 Å². The lowest BCUT2D eigenvalue weighted by atomic mass is 10.1. The number of hydrogen-bond acceptors (Lipinski definition) is 5. The molecule has 0 atom stereocenters. The smallest absolute Gasteiger partial charge is 0.344 e. The highest BCUT2D eigenvalue weighted by Gasteiger charge is 2.20. The molecule has 5 nitrogen and oxygen atoms in total. The monoisotopic (exact) mass is 270 g/mol. The zero-order valence-corrected chi connectivity index (χ0v) is 11.3. The van der Waals surface area contributed by atoms with Crippen LogP contribution in [0.5, 0.6) is 0 Å². The fourth-order valence-corrected chi connectivity index (χ4v) is 1.87. The van der Waals surface area contributed by atoms with Crippen LogP contribution in [0.15, 0.2) is 28.8 Å². The van der Waals surface area contributed by atoms with Crippen LogP contribution in [0.3, 0.4) is 0 Å². The van der Waals surface area contributed by atoms with Crippen molar-refractivity contribution in [3.8, 4) is 6.07 Å². The van der Waals surface area contributed by atoms with Crippen molar-refractivity contribution in [2.75, 3.05) is 0 Å². The average Bonchev–Trinajstić information content (AvgIpc) is 2.86. The quantitative estimate of drug-likeness (QED) is 0.798. The number of ether oxygens (including phenoxy) is 1. The fraction of sp³-hybridized carbons (Fsp3) is 0.267. The maximum Gasteiger partial charge on any atom is 0.344 e. The van der Waals surface area contributed by atoms with E-state index in [1.54, 1.807) is 31.2 Å². The normalized spacial score (nSPS) is 10.1. The van der Waals surface area contributed by atoms with Crippen molar-refractivity contribution in [3.63, 3.8) is 0 Å². The first-order chi connectivity index (χ1) is 9.65. The summed E-state index contributed by atoms with van der Waals surface area (Å²) in [5.41, 5.74) is 2.29. The third-order valence-corrected chi connectivity index (χ3v) is 2.90. The molecule has 0 unspecified atom stereocenters. The van der Waals surface area contributed by atoms with E-state index in [1.165, 1.54) is 0 Å². The van der Waals surface area contributed by atoms with Crippen LogP contribution in [0.2, 0.25) is 0 Å². The zero-order chi connectivity index (χ0) is 14.5. The molecule has 1 aromatic carbocycles. The van der Waals surface area contributed by atoms with E-state index in [0.29, 0.717) is 29.0 Å². The summed E-state index contributed by atoms with van der Waals surface area (Å²) in [6.45, 7) is 3.69. The van der Waals surface area contributed by atoms with Crippen LogP contribution in [0, 0.1) is 18.3 Å². The molecule has 102 valence electrons. The van der Waals surface area contributed by atoms with E-state index in [2.05, 4.69) is 5.16 Å². The molecule has 0 aliphatic heterocycles. The minimum Gasteiger partial charge on any atom is -0.457 e. The maximum absolute atomic E-state index is 12.0. The third kappa shape index (κ3) is 2.86. The van der Waals surface area contributed by atoms with Gasteiger partial charge >= 0.3 is 5.97 Å². The van der Waals surface area contributed by atoms with Crippen LogP contribution >= 0.6 is 0 Å². The number of aryl methyl sites for hydroxylation is 2. The molecule has 1 heterocycles. The van der Waals surface area contributed by atoms with Crippen LogP contribution in [0.1, 0.15) is 39.9 Å². The van der Waals surface area contributed by atoms with Crippen LogP contribution in [-0.4, -0.2) is 11.1 Å². The standard InChI is InChI=1S/C15H14N2O3/c1-3-13-14(10(2)20-17-13)15(18)19-9-12-6-4-5-11(7-12)8-16/h4-7H,3,9H2,1-2H3. The van der Waals surface area contributed by atoms with Crippen molar-refractivity contribution in [3.05, 3.63) is 52.4 Å². The highest BCUT2D eigenvalue weighted by molar-refractivity contribution is 5.91. The Morgan fingerprint density at radius 2 is 2.30 bits per heavy atom. The molecular weight excluding hydrogens is 256 g/mol. The number of nitriles is 1. The van der Waals surface area contributed by atoms with Crippen molar-refractivity contribution in [1.82, 2.24) is 5.16 Å². The maximum atomic E-state index is 12.0. The molecule has 0 bridgehead atoms. The number of nitrogens with zero attached hydrogens (tertiary/aromatic N) is 2. The van der Waals surface area contributed by atoms with Crippen molar-refractivity contribution in [2.24, 2.45) is 0 Å². The predicted molar refractivity (Wildman–Crippen MR) is 70.9 cm³/mol. The second kappa shape index (κ2) is 6.02. The molecule has 0 aliphatic rings. The van der Waals surface area contributed by atoms with Gasteiger partial charge in [-0.3, -0.25) is 0 Å². The molecule has 0 spiro atoms. The van der Waals surface area contributed by atoms with Gasteiger partial charge in [-0.1, -0.05) is 24.2 Å². The van der Waals surface area contributed by atoms with Gasteiger partial charge in [0.2, 0.25) is 0 Å². The van der Waals surface area contributed by atoms with E-state index in [0.717, 1.165) is 5.56 Å². The largest absolute Gasteiger partial charge is 0.457 e. The molecule has 2 rings (SSSR count). The van der Waals surface area contributed by atoms with Crippen molar-refractivity contribution < 1.29 is 14.1 Å². The van der Waals surface area contributed by atoms with Gasteiger partial charge in [0.05, 0.1) is 17.3 Å². The Balaban J connectivity index is 2.09. The van der Waals surface area contributed by atoms with Crippen molar-refractivity contribution >= 4 is 5.97 Å². The molecular formula is C15H14N2O3. The van der Waals surface area contributed by atoms with Gasteiger partial charge in [-0.15, -0.1) is 0 Å². The Labute approximate surface area is 116 Å². The van der Waals surface area contributed by atoms with Gasteiger partial charge in [-0.2, -0.15) is 5.26 Å². The lowest BCUT2D eigenvalue weighted by molar-refractivity contribution is 0.0469. The van der Waals surface area contributed by atoms with E-state index in [-0.39, 0.29) is 6.61 Å². The topological polar surface area (TPSA) is 76.1 Å². The highest BCUT2D eigenvalue weighted by Crippen LogP contribution is 2.16. The molecule has 5 heteroatoms. The molecule has 0 fully saturated rings. The summed E-state index contributed by atoms with van der Waals surface area (Å²) < 4.78 is 10.2. The van der Waals surface area contributed by atoms with Gasteiger partial charge in [0.15, 0.2) is 0 Å². The summed E-state index contributed by atoms with van der Waals surface area (Å²) in [6, 6.07) is 8.99. The van der Waals surface area contributed by atoms with Crippen LogP contribution < -0.4 is 0 Å². The molecule has 0 aliphatic carbocycles. The molecule has 0 saturated carbocycles. The summed E-state index contributed by atoms with van der Waals surface area (Å²) >= 11 is 0. The van der Waals surface area contributed by atoms with E-state index < -0.39 is 5.97 Å². The minimum absolute atomic E-state index is 0.113.